The fourth-order valence-electron chi connectivity index (χ4n) is 1.59. The van der Waals surface area contributed by atoms with Gasteiger partial charge in [0.2, 0.25) is 5.91 Å². The first-order valence-corrected chi connectivity index (χ1v) is 5.50. The summed E-state index contributed by atoms with van der Waals surface area (Å²) in [4.78, 5) is 10.8. The van der Waals surface area contributed by atoms with Crippen molar-refractivity contribution >= 4 is 5.91 Å². The molecule has 0 radical (unpaired) electrons. The van der Waals surface area contributed by atoms with Crippen molar-refractivity contribution in [3.63, 3.8) is 0 Å². The van der Waals surface area contributed by atoms with E-state index in [0.29, 0.717) is 6.54 Å². The number of nitrogens with one attached hydrogen (secondary N) is 1. The molecule has 0 bridgehead atoms. The van der Waals surface area contributed by atoms with Crippen LogP contribution in [0.15, 0.2) is 36.7 Å². The topological polar surface area (TPSA) is 46.9 Å². The van der Waals surface area contributed by atoms with Gasteiger partial charge in [-0.1, -0.05) is 12.1 Å². The number of aromatic nitrogens is 2. The van der Waals surface area contributed by atoms with Gasteiger partial charge in [-0.15, -0.1) is 0 Å². The summed E-state index contributed by atoms with van der Waals surface area (Å²) in [5, 5.41) is 7.02. The first-order chi connectivity index (χ1) is 8.15. The monoisotopic (exact) mass is 229 g/mol. The molecule has 0 unspecified atom stereocenters. The maximum Gasteiger partial charge on any atom is 0.217 e. The average Bonchev–Trinajstić information content (AvgIpc) is 2.75. The average molecular weight is 229 g/mol. The minimum absolute atomic E-state index is 0.0340. The second-order valence-corrected chi connectivity index (χ2v) is 4.04. The predicted octanol–water partition coefficient (Wildman–Crippen LogP) is 1.82. The van der Waals surface area contributed by atoms with Gasteiger partial charge in [0.15, 0.2) is 0 Å². The fraction of sp³-hybridized carbons (Fsp3) is 0.231. The van der Waals surface area contributed by atoms with Crippen LogP contribution in [0.1, 0.15) is 18.1 Å². The molecule has 17 heavy (non-hydrogen) atoms. The van der Waals surface area contributed by atoms with E-state index in [0.717, 1.165) is 11.3 Å². The van der Waals surface area contributed by atoms with E-state index in [1.165, 1.54) is 12.5 Å². The SMILES string of the molecule is CC(=O)NCc1cnn(-c2cccc(C)c2)c1. The lowest BCUT2D eigenvalue weighted by atomic mass is 10.2. The van der Waals surface area contributed by atoms with Gasteiger partial charge >= 0.3 is 0 Å². The second kappa shape index (κ2) is 4.82. The van der Waals surface area contributed by atoms with E-state index in [2.05, 4.69) is 16.5 Å². The summed E-state index contributed by atoms with van der Waals surface area (Å²) in [7, 11) is 0. The van der Waals surface area contributed by atoms with Gasteiger partial charge in [0.1, 0.15) is 0 Å². The summed E-state index contributed by atoms with van der Waals surface area (Å²) >= 11 is 0. The normalized spacial score (nSPS) is 10.2. The standard InChI is InChI=1S/C13H15N3O/c1-10-4-3-5-13(6-10)16-9-12(8-15-16)7-14-11(2)17/h3-6,8-9H,7H2,1-2H3,(H,14,17). The van der Waals surface area contributed by atoms with Crippen LogP contribution in [0.2, 0.25) is 0 Å². The Labute approximate surface area is 100 Å². The summed E-state index contributed by atoms with van der Waals surface area (Å²) in [6, 6.07) is 8.11. The molecule has 0 saturated heterocycles. The highest BCUT2D eigenvalue weighted by atomic mass is 16.1. The van der Waals surface area contributed by atoms with E-state index < -0.39 is 0 Å². The van der Waals surface area contributed by atoms with E-state index in [9.17, 15) is 4.79 Å². The van der Waals surface area contributed by atoms with Crippen LogP contribution in [-0.2, 0) is 11.3 Å². The molecule has 0 aliphatic carbocycles. The van der Waals surface area contributed by atoms with Crippen LogP contribution >= 0.6 is 0 Å². The van der Waals surface area contributed by atoms with Crippen molar-refractivity contribution in [1.29, 1.82) is 0 Å². The zero-order valence-electron chi connectivity index (χ0n) is 9.97. The number of hydrogen-bond acceptors (Lipinski definition) is 2. The Morgan fingerprint density at radius 1 is 1.47 bits per heavy atom. The number of carbonyl (C=O) groups excluding carboxylic acids is 1. The van der Waals surface area contributed by atoms with Crippen molar-refractivity contribution in [1.82, 2.24) is 15.1 Å². The Morgan fingerprint density at radius 2 is 2.29 bits per heavy atom. The van der Waals surface area contributed by atoms with Gasteiger partial charge in [-0.3, -0.25) is 4.79 Å². The third-order valence-electron chi connectivity index (χ3n) is 2.44. The van der Waals surface area contributed by atoms with Crippen LogP contribution in [-0.4, -0.2) is 15.7 Å². The van der Waals surface area contributed by atoms with Crippen molar-refractivity contribution in [2.75, 3.05) is 0 Å². The maximum atomic E-state index is 10.8. The molecule has 1 aromatic carbocycles. The molecule has 0 spiro atoms. The highest BCUT2D eigenvalue weighted by molar-refractivity contribution is 5.72. The second-order valence-electron chi connectivity index (χ2n) is 4.04. The Hall–Kier alpha value is -2.10. The first-order valence-electron chi connectivity index (χ1n) is 5.50. The summed E-state index contributed by atoms with van der Waals surface area (Å²) < 4.78 is 1.81. The number of rotatable bonds is 3. The van der Waals surface area contributed by atoms with Crippen LogP contribution in [0, 0.1) is 6.92 Å². The zero-order chi connectivity index (χ0) is 12.3. The molecule has 4 heteroatoms. The smallest absolute Gasteiger partial charge is 0.217 e. The Bertz CT molecular complexity index is 531. The Morgan fingerprint density at radius 3 is 3.00 bits per heavy atom. The maximum absolute atomic E-state index is 10.8. The molecule has 88 valence electrons. The number of hydrogen-bond donors (Lipinski definition) is 1. The van der Waals surface area contributed by atoms with Crippen molar-refractivity contribution < 1.29 is 4.79 Å². The van der Waals surface area contributed by atoms with Crippen molar-refractivity contribution in [2.45, 2.75) is 20.4 Å². The Kier molecular flexibility index (Phi) is 3.23. The first kappa shape index (κ1) is 11.4. The highest BCUT2D eigenvalue weighted by Gasteiger charge is 2.01. The van der Waals surface area contributed by atoms with E-state index in [4.69, 9.17) is 0 Å². The lowest BCUT2D eigenvalue weighted by molar-refractivity contribution is -0.119. The van der Waals surface area contributed by atoms with E-state index in [1.54, 1.807) is 6.20 Å². The Balaban J connectivity index is 2.15. The molecular formula is C13H15N3O. The molecule has 1 aromatic heterocycles. The summed E-state index contributed by atoms with van der Waals surface area (Å²) in [6.07, 6.45) is 3.68. The van der Waals surface area contributed by atoms with Gasteiger partial charge in [0.25, 0.3) is 0 Å². The summed E-state index contributed by atoms with van der Waals surface area (Å²) in [6.45, 7) is 4.07. The highest BCUT2D eigenvalue weighted by Crippen LogP contribution is 2.10. The molecule has 1 heterocycles. The number of amides is 1. The molecule has 0 aliphatic rings. The molecule has 0 fully saturated rings. The minimum atomic E-state index is -0.0340. The number of aryl methyl sites for hydroxylation is 1. The van der Waals surface area contributed by atoms with Crippen LogP contribution in [0.4, 0.5) is 0 Å². The van der Waals surface area contributed by atoms with E-state index >= 15 is 0 Å². The minimum Gasteiger partial charge on any atom is -0.352 e. The van der Waals surface area contributed by atoms with Crippen LogP contribution in [0.25, 0.3) is 5.69 Å². The fourth-order valence-corrected chi connectivity index (χ4v) is 1.59. The third kappa shape index (κ3) is 2.93. The van der Waals surface area contributed by atoms with Crippen LogP contribution in [0.3, 0.4) is 0 Å². The van der Waals surface area contributed by atoms with Gasteiger partial charge in [-0.05, 0) is 24.6 Å². The molecule has 2 aromatic rings. The lowest BCUT2D eigenvalue weighted by Crippen LogP contribution is -2.18. The van der Waals surface area contributed by atoms with E-state index in [1.807, 2.05) is 36.0 Å². The summed E-state index contributed by atoms with van der Waals surface area (Å²) in [5.41, 5.74) is 3.21. The van der Waals surface area contributed by atoms with E-state index in [-0.39, 0.29) is 5.91 Å². The quantitative estimate of drug-likeness (QED) is 0.872. The number of benzene rings is 1. The summed E-state index contributed by atoms with van der Waals surface area (Å²) in [5.74, 6) is -0.0340. The van der Waals surface area contributed by atoms with Gasteiger partial charge in [0.05, 0.1) is 11.9 Å². The molecule has 2 rings (SSSR count). The zero-order valence-corrected chi connectivity index (χ0v) is 9.97. The molecule has 1 amide bonds. The van der Waals surface area contributed by atoms with Gasteiger partial charge in [0, 0.05) is 25.2 Å². The van der Waals surface area contributed by atoms with Crippen molar-refractivity contribution in [3.8, 4) is 5.69 Å². The number of carbonyl (C=O) groups is 1. The van der Waals surface area contributed by atoms with Gasteiger partial charge in [-0.25, -0.2) is 4.68 Å². The largest absolute Gasteiger partial charge is 0.352 e. The van der Waals surface area contributed by atoms with Crippen LogP contribution < -0.4 is 5.32 Å². The number of nitrogens with zero attached hydrogens (tertiary/aromatic N) is 2. The van der Waals surface area contributed by atoms with Gasteiger partial charge in [-0.2, -0.15) is 5.10 Å². The van der Waals surface area contributed by atoms with Crippen LogP contribution in [0.5, 0.6) is 0 Å². The van der Waals surface area contributed by atoms with Crippen molar-refractivity contribution in [2.24, 2.45) is 0 Å². The third-order valence-corrected chi connectivity index (χ3v) is 2.44. The van der Waals surface area contributed by atoms with Crippen molar-refractivity contribution in [3.05, 3.63) is 47.8 Å². The predicted molar refractivity (Wildman–Crippen MR) is 65.8 cm³/mol. The molecule has 1 N–H and O–H groups in total. The van der Waals surface area contributed by atoms with Gasteiger partial charge < -0.3 is 5.32 Å². The molecule has 0 saturated carbocycles. The lowest BCUT2D eigenvalue weighted by Gasteiger charge is -2.01. The molecule has 0 aliphatic heterocycles. The molecule has 0 atom stereocenters. The molecule has 4 nitrogen and oxygen atoms in total. The molecular weight excluding hydrogens is 214 g/mol.